The van der Waals surface area contributed by atoms with E-state index < -0.39 is 40.6 Å². The largest absolute Gasteiger partial charge is 0.368 e. The van der Waals surface area contributed by atoms with Crippen LogP contribution in [-0.4, -0.2) is 42.9 Å². The Morgan fingerprint density at radius 1 is 0.722 bits per heavy atom. The molecule has 1 N–H and O–H groups in total. The van der Waals surface area contributed by atoms with Crippen molar-refractivity contribution >= 4 is 29.3 Å². The van der Waals surface area contributed by atoms with Gasteiger partial charge in [-0.3, -0.25) is 9.59 Å². The molecule has 10 heteroatoms. The van der Waals surface area contributed by atoms with Crippen LogP contribution in [0.3, 0.4) is 0 Å². The smallest absolute Gasteiger partial charge is 0.261 e. The van der Waals surface area contributed by atoms with Crippen LogP contribution in [0.5, 0.6) is 0 Å². The summed E-state index contributed by atoms with van der Waals surface area (Å²) in [5.41, 5.74) is 0.248. The highest BCUT2D eigenvalue weighted by molar-refractivity contribution is 6.04. The summed E-state index contributed by atoms with van der Waals surface area (Å²) in [6.07, 6.45) is 3.29. The summed E-state index contributed by atoms with van der Waals surface area (Å²) < 4.78 is 67.7. The summed E-state index contributed by atoms with van der Waals surface area (Å²) in [5.74, 6) is -12.7. The molecule has 2 amide bonds. The van der Waals surface area contributed by atoms with Crippen molar-refractivity contribution in [1.82, 2.24) is 4.90 Å². The highest BCUT2D eigenvalue weighted by Crippen LogP contribution is 2.25. The third-order valence-corrected chi connectivity index (χ3v) is 5.74. The van der Waals surface area contributed by atoms with Crippen LogP contribution in [0.15, 0.2) is 60.7 Å². The number of halogens is 5. The molecule has 1 aliphatic rings. The number of nitrogens with one attached hydrogen (secondary N) is 1. The van der Waals surface area contributed by atoms with E-state index in [4.69, 9.17) is 0 Å². The van der Waals surface area contributed by atoms with Crippen LogP contribution in [0, 0.1) is 29.1 Å². The van der Waals surface area contributed by atoms with E-state index in [1.54, 1.807) is 23.1 Å². The molecule has 3 aromatic carbocycles. The molecular formula is C26H20F5N3O2. The van der Waals surface area contributed by atoms with Crippen LogP contribution in [0.1, 0.15) is 15.9 Å². The molecule has 4 rings (SSSR count). The Labute approximate surface area is 203 Å². The van der Waals surface area contributed by atoms with Crippen molar-refractivity contribution in [2.75, 3.05) is 36.4 Å². The molecule has 5 nitrogen and oxygen atoms in total. The average Bonchev–Trinajstić information content (AvgIpc) is 2.90. The van der Waals surface area contributed by atoms with E-state index in [1.807, 2.05) is 35.2 Å². The van der Waals surface area contributed by atoms with Gasteiger partial charge in [0.2, 0.25) is 11.7 Å². The Balaban J connectivity index is 1.35. The average molecular weight is 501 g/mol. The monoisotopic (exact) mass is 501 g/mol. The summed E-state index contributed by atoms with van der Waals surface area (Å²) in [6.45, 7) is 2.11. The Morgan fingerprint density at radius 2 is 1.28 bits per heavy atom. The number of benzene rings is 3. The van der Waals surface area contributed by atoms with Crippen molar-refractivity contribution in [2.45, 2.75) is 0 Å². The van der Waals surface area contributed by atoms with Crippen LogP contribution in [0.4, 0.5) is 33.3 Å². The number of hydrogen-bond acceptors (Lipinski definition) is 3. The summed E-state index contributed by atoms with van der Waals surface area (Å²) >= 11 is 0. The fourth-order valence-corrected chi connectivity index (χ4v) is 3.78. The number of hydrogen-bond donors (Lipinski definition) is 1. The molecule has 1 saturated heterocycles. The van der Waals surface area contributed by atoms with E-state index in [-0.39, 0.29) is 11.6 Å². The maximum atomic E-state index is 13.9. The van der Waals surface area contributed by atoms with Gasteiger partial charge in [0.25, 0.3) is 5.91 Å². The zero-order valence-electron chi connectivity index (χ0n) is 18.8. The normalized spacial score (nSPS) is 13.8. The van der Waals surface area contributed by atoms with Gasteiger partial charge in [-0.15, -0.1) is 0 Å². The van der Waals surface area contributed by atoms with Gasteiger partial charge in [0.1, 0.15) is 5.56 Å². The second kappa shape index (κ2) is 10.6. The van der Waals surface area contributed by atoms with Crippen molar-refractivity contribution in [3.63, 3.8) is 0 Å². The lowest BCUT2D eigenvalue weighted by molar-refractivity contribution is -0.126. The summed E-state index contributed by atoms with van der Waals surface area (Å²) in [4.78, 5) is 28.4. The number of anilines is 2. The minimum Gasteiger partial charge on any atom is -0.368 e. The van der Waals surface area contributed by atoms with Crippen LogP contribution < -0.4 is 10.2 Å². The number of nitrogens with zero attached hydrogens (tertiary/aromatic N) is 2. The summed E-state index contributed by atoms with van der Waals surface area (Å²) in [7, 11) is 0. The number of rotatable bonds is 5. The molecule has 186 valence electrons. The molecule has 1 aliphatic heterocycles. The van der Waals surface area contributed by atoms with E-state index in [2.05, 4.69) is 5.32 Å². The minimum atomic E-state index is -2.33. The van der Waals surface area contributed by atoms with Gasteiger partial charge in [-0.25, -0.2) is 22.0 Å². The molecule has 0 aromatic heterocycles. The lowest BCUT2D eigenvalue weighted by Gasteiger charge is -2.35. The fourth-order valence-electron chi connectivity index (χ4n) is 3.78. The molecule has 0 saturated carbocycles. The summed E-state index contributed by atoms with van der Waals surface area (Å²) in [6, 6.07) is 15.6. The standard InChI is InChI=1S/C26H20F5N3O2/c27-21-20(22(28)24(30)25(31)23(21)29)26(36)32-17-7-9-18(10-8-17)33-12-14-34(15-13-33)19(35)11-6-16-4-2-1-3-5-16/h1-11H,12-15H2,(H,32,36)/b11-6+. The first-order valence-electron chi connectivity index (χ1n) is 11.0. The molecule has 1 fully saturated rings. The SMILES string of the molecule is O=C(Nc1ccc(N2CCN(C(=O)/C=C/c3ccccc3)CC2)cc1)c1c(F)c(F)c(F)c(F)c1F. The number of carbonyl (C=O) groups excluding carboxylic acids is 2. The Bertz CT molecular complexity index is 1280. The molecule has 0 radical (unpaired) electrons. The predicted molar refractivity (Wildman–Crippen MR) is 125 cm³/mol. The minimum absolute atomic E-state index is 0.0929. The second-order valence-corrected chi connectivity index (χ2v) is 8.00. The molecule has 0 bridgehead atoms. The first-order chi connectivity index (χ1) is 17.3. The molecule has 0 aliphatic carbocycles. The quantitative estimate of drug-likeness (QED) is 0.232. The number of carbonyl (C=O) groups is 2. The number of piperazine rings is 1. The zero-order chi connectivity index (χ0) is 25.8. The van der Waals surface area contributed by atoms with E-state index >= 15 is 0 Å². The van der Waals surface area contributed by atoms with Gasteiger partial charge in [-0.2, -0.15) is 0 Å². The third-order valence-electron chi connectivity index (χ3n) is 5.74. The van der Waals surface area contributed by atoms with Crippen LogP contribution in [0.2, 0.25) is 0 Å². The van der Waals surface area contributed by atoms with Crippen molar-refractivity contribution in [1.29, 1.82) is 0 Å². The fraction of sp³-hybridized carbons (Fsp3) is 0.154. The van der Waals surface area contributed by atoms with Crippen molar-refractivity contribution in [2.24, 2.45) is 0 Å². The van der Waals surface area contributed by atoms with Crippen molar-refractivity contribution < 1.29 is 31.5 Å². The van der Waals surface area contributed by atoms with Crippen molar-refractivity contribution in [3.05, 3.63) is 101 Å². The molecule has 0 unspecified atom stereocenters. The van der Waals surface area contributed by atoms with Gasteiger partial charge < -0.3 is 15.1 Å². The summed E-state index contributed by atoms with van der Waals surface area (Å²) in [5, 5.41) is 2.14. The van der Waals surface area contributed by atoms with E-state index in [0.29, 0.717) is 26.2 Å². The first-order valence-corrected chi connectivity index (χ1v) is 11.0. The van der Waals surface area contributed by atoms with Gasteiger partial charge in [0.15, 0.2) is 23.3 Å². The Kier molecular flexibility index (Phi) is 7.33. The van der Waals surface area contributed by atoms with Crippen LogP contribution >= 0.6 is 0 Å². The molecule has 0 spiro atoms. The molecule has 36 heavy (non-hydrogen) atoms. The van der Waals surface area contributed by atoms with E-state index in [1.165, 1.54) is 18.2 Å². The van der Waals surface area contributed by atoms with Gasteiger partial charge in [0, 0.05) is 43.6 Å². The first kappa shape index (κ1) is 24.9. The molecule has 1 heterocycles. The highest BCUT2D eigenvalue weighted by atomic mass is 19.2. The van der Waals surface area contributed by atoms with Gasteiger partial charge in [-0.05, 0) is 35.9 Å². The van der Waals surface area contributed by atoms with Gasteiger partial charge in [-0.1, -0.05) is 30.3 Å². The van der Waals surface area contributed by atoms with E-state index in [9.17, 15) is 31.5 Å². The lowest BCUT2D eigenvalue weighted by atomic mass is 10.1. The highest BCUT2D eigenvalue weighted by Gasteiger charge is 2.30. The van der Waals surface area contributed by atoms with Crippen LogP contribution in [-0.2, 0) is 4.79 Å². The maximum absolute atomic E-state index is 13.9. The Hall–Kier alpha value is -4.21. The maximum Gasteiger partial charge on any atom is 0.261 e. The number of amides is 2. The van der Waals surface area contributed by atoms with E-state index in [0.717, 1.165) is 11.3 Å². The molecule has 3 aromatic rings. The van der Waals surface area contributed by atoms with Gasteiger partial charge >= 0.3 is 0 Å². The van der Waals surface area contributed by atoms with Gasteiger partial charge in [0.05, 0.1) is 0 Å². The molecule has 0 atom stereocenters. The topological polar surface area (TPSA) is 52.7 Å². The second-order valence-electron chi connectivity index (χ2n) is 8.00. The zero-order valence-corrected chi connectivity index (χ0v) is 18.8. The lowest BCUT2D eigenvalue weighted by Crippen LogP contribution is -2.48. The predicted octanol–water partition coefficient (Wildman–Crippen LogP) is 5.00. The third kappa shape index (κ3) is 5.22. The van der Waals surface area contributed by atoms with Crippen molar-refractivity contribution in [3.8, 4) is 0 Å². The Morgan fingerprint density at radius 3 is 1.86 bits per heavy atom. The van der Waals surface area contributed by atoms with Crippen LogP contribution in [0.25, 0.3) is 6.08 Å². The molecular weight excluding hydrogens is 481 g/mol.